The average molecular weight is 374 g/mol. The number of anilines is 1. The van der Waals surface area contributed by atoms with Crippen molar-refractivity contribution in [3.8, 4) is 5.69 Å². The van der Waals surface area contributed by atoms with Crippen molar-refractivity contribution in [2.24, 2.45) is 5.92 Å². The van der Waals surface area contributed by atoms with Gasteiger partial charge in [0.05, 0.1) is 18.3 Å². The minimum atomic E-state index is -0.0585. The molecule has 0 radical (unpaired) electrons. The highest BCUT2D eigenvalue weighted by Gasteiger charge is 2.33. The Morgan fingerprint density at radius 3 is 2.61 bits per heavy atom. The van der Waals surface area contributed by atoms with Gasteiger partial charge in [-0.05, 0) is 60.7 Å². The Kier molecular flexibility index (Phi) is 4.71. The zero-order valence-corrected chi connectivity index (χ0v) is 16.9. The second-order valence-corrected chi connectivity index (χ2v) is 7.93. The third-order valence-electron chi connectivity index (χ3n) is 5.75. The maximum Gasteiger partial charge on any atom is 0.322 e. The number of urea groups is 1. The first-order valence-electron chi connectivity index (χ1n) is 9.86. The fourth-order valence-corrected chi connectivity index (χ4v) is 4.15. The van der Waals surface area contributed by atoms with Gasteiger partial charge in [-0.25, -0.2) is 4.79 Å². The Bertz CT molecular complexity index is 1020. The van der Waals surface area contributed by atoms with E-state index in [1.807, 2.05) is 30.0 Å². The molecule has 2 heterocycles. The van der Waals surface area contributed by atoms with Gasteiger partial charge in [0, 0.05) is 17.6 Å². The van der Waals surface area contributed by atoms with Crippen molar-refractivity contribution in [2.45, 2.75) is 40.3 Å². The van der Waals surface area contributed by atoms with Crippen molar-refractivity contribution < 1.29 is 4.79 Å². The van der Waals surface area contributed by atoms with E-state index < -0.39 is 0 Å². The van der Waals surface area contributed by atoms with Gasteiger partial charge >= 0.3 is 6.03 Å². The minimum Gasteiger partial charge on any atom is -0.318 e. The number of fused-ring (bicyclic) bond motifs is 3. The highest BCUT2D eigenvalue weighted by Crippen LogP contribution is 2.37. The molecule has 0 saturated heterocycles. The Hall–Kier alpha value is -3.01. The van der Waals surface area contributed by atoms with E-state index in [2.05, 4.69) is 73.3 Å². The van der Waals surface area contributed by atoms with Crippen LogP contribution in [0.25, 0.3) is 5.69 Å². The van der Waals surface area contributed by atoms with Gasteiger partial charge in [0.1, 0.15) is 0 Å². The van der Waals surface area contributed by atoms with Crippen LogP contribution >= 0.6 is 0 Å². The van der Waals surface area contributed by atoms with E-state index in [4.69, 9.17) is 0 Å². The Morgan fingerprint density at radius 1 is 1.04 bits per heavy atom. The van der Waals surface area contributed by atoms with Gasteiger partial charge < -0.3 is 14.8 Å². The highest BCUT2D eigenvalue weighted by atomic mass is 16.2. The number of aromatic nitrogens is 1. The van der Waals surface area contributed by atoms with Crippen molar-refractivity contribution in [1.82, 2.24) is 9.47 Å². The molecule has 0 saturated carbocycles. The monoisotopic (exact) mass is 373 g/mol. The molecule has 1 N–H and O–H groups in total. The molecule has 3 aromatic rings. The number of hydrogen-bond acceptors (Lipinski definition) is 1. The first-order valence-corrected chi connectivity index (χ1v) is 9.86. The largest absolute Gasteiger partial charge is 0.322 e. The van der Waals surface area contributed by atoms with Crippen LogP contribution < -0.4 is 5.32 Å². The predicted octanol–water partition coefficient (Wildman–Crippen LogP) is 5.84. The molecule has 2 aromatic carbocycles. The topological polar surface area (TPSA) is 37.3 Å². The summed E-state index contributed by atoms with van der Waals surface area (Å²) >= 11 is 0. The molecular formula is C24H27N3O. The number of carbonyl (C=O) groups excluding carboxylic acids is 1. The molecule has 1 aromatic heterocycles. The van der Waals surface area contributed by atoms with E-state index in [1.54, 1.807) is 0 Å². The van der Waals surface area contributed by atoms with Crippen LogP contribution in [0.5, 0.6) is 0 Å². The van der Waals surface area contributed by atoms with Crippen LogP contribution in [0.2, 0.25) is 0 Å². The summed E-state index contributed by atoms with van der Waals surface area (Å²) in [7, 11) is 0. The van der Waals surface area contributed by atoms with Gasteiger partial charge in [0.25, 0.3) is 0 Å². The summed E-state index contributed by atoms with van der Waals surface area (Å²) in [6, 6.07) is 18.5. The number of nitrogens with zero attached hydrogens (tertiary/aromatic N) is 2. The molecule has 4 rings (SSSR count). The van der Waals surface area contributed by atoms with Crippen LogP contribution in [0.1, 0.15) is 42.3 Å². The number of benzene rings is 2. The molecule has 0 aliphatic carbocycles. The first-order chi connectivity index (χ1) is 13.5. The molecule has 0 bridgehead atoms. The average Bonchev–Trinajstić information content (AvgIpc) is 3.09. The summed E-state index contributed by atoms with van der Waals surface area (Å²) in [6.45, 7) is 9.05. The van der Waals surface area contributed by atoms with E-state index in [0.717, 1.165) is 28.2 Å². The first kappa shape index (κ1) is 18.4. The number of carbonyl (C=O) groups is 1. The molecule has 2 amide bonds. The minimum absolute atomic E-state index is 0.00693. The van der Waals surface area contributed by atoms with Gasteiger partial charge in [-0.15, -0.1) is 0 Å². The van der Waals surface area contributed by atoms with Crippen molar-refractivity contribution in [1.29, 1.82) is 0 Å². The summed E-state index contributed by atoms with van der Waals surface area (Å²) in [5.41, 5.74) is 6.61. The second kappa shape index (κ2) is 7.19. The Balaban J connectivity index is 1.77. The summed E-state index contributed by atoms with van der Waals surface area (Å²) in [5, 5.41) is 3.16. The standard InChI is InChI=1S/C24H27N3O/c1-16(2)23-22-13-8-14-26(22)21-12-6-5-10-19(21)15-27(23)24(28)25-20-11-7-9-17(3)18(20)4/h5-14,16,23H,15H2,1-4H3,(H,25,28). The zero-order valence-electron chi connectivity index (χ0n) is 16.9. The SMILES string of the molecule is Cc1cccc(NC(=O)N2Cc3ccccc3-n3cccc3C2C(C)C)c1C. The molecule has 0 fully saturated rings. The molecule has 144 valence electrons. The lowest BCUT2D eigenvalue weighted by atomic mass is 9.99. The second-order valence-electron chi connectivity index (χ2n) is 7.93. The lowest BCUT2D eigenvalue weighted by Gasteiger charge is -2.33. The van der Waals surface area contributed by atoms with Crippen molar-refractivity contribution >= 4 is 11.7 Å². The van der Waals surface area contributed by atoms with Gasteiger partial charge in [-0.1, -0.05) is 44.2 Å². The lowest BCUT2D eigenvalue weighted by molar-refractivity contribution is 0.162. The molecular weight excluding hydrogens is 346 g/mol. The lowest BCUT2D eigenvalue weighted by Crippen LogP contribution is -2.39. The summed E-state index contributed by atoms with van der Waals surface area (Å²) in [5.74, 6) is 0.285. The smallest absolute Gasteiger partial charge is 0.318 e. The Morgan fingerprint density at radius 2 is 1.82 bits per heavy atom. The maximum atomic E-state index is 13.4. The zero-order chi connectivity index (χ0) is 19.8. The Labute approximate surface area is 166 Å². The van der Waals surface area contributed by atoms with Crippen LogP contribution in [0, 0.1) is 19.8 Å². The molecule has 28 heavy (non-hydrogen) atoms. The van der Waals surface area contributed by atoms with Crippen molar-refractivity contribution in [3.05, 3.63) is 83.2 Å². The van der Waals surface area contributed by atoms with Crippen LogP contribution in [0.15, 0.2) is 60.8 Å². The molecule has 1 unspecified atom stereocenters. The quantitative estimate of drug-likeness (QED) is 0.602. The number of aryl methyl sites for hydroxylation is 1. The molecule has 4 heteroatoms. The van der Waals surface area contributed by atoms with E-state index in [0.29, 0.717) is 6.54 Å². The molecule has 1 atom stereocenters. The molecule has 1 aliphatic rings. The van der Waals surface area contributed by atoms with Gasteiger partial charge in [-0.2, -0.15) is 0 Å². The number of para-hydroxylation sites is 1. The number of amides is 2. The number of hydrogen-bond donors (Lipinski definition) is 1. The van der Waals surface area contributed by atoms with E-state index in [1.165, 1.54) is 5.56 Å². The van der Waals surface area contributed by atoms with Crippen LogP contribution in [-0.4, -0.2) is 15.5 Å². The van der Waals surface area contributed by atoms with Crippen LogP contribution in [0.3, 0.4) is 0 Å². The predicted molar refractivity (Wildman–Crippen MR) is 114 cm³/mol. The molecule has 1 aliphatic heterocycles. The molecule has 4 nitrogen and oxygen atoms in total. The van der Waals surface area contributed by atoms with Gasteiger partial charge in [-0.3, -0.25) is 0 Å². The van der Waals surface area contributed by atoms with Crippen molar-refractivity contribution in [3.63, 3.8) is 0 Å². The number of nitrogens with one attached hydrogen (secondary N) is 1. The maximum absolute atomic E-state index is 13.4. The third-order valence-corrected chi connectivity index (χ3v) is 5.75. The van der Waals surface area contributed by atoms with Crippen LogP contribution in [0.4, 0.5) is 10.5 Å². The summed E-state index contributed by atoms with van der Waals surface area (Å²) in [6.07, 6.45) is 2.09. The summed E-state index contributed by atoms with van der Waals surface area (Å²) < 4.78 is 2.23. The van der Waals surface area contributed by atoms with Gasteiger partial charge in [0.15, 0.2) is 0 Å². The summed E-state index contributed by atoms with van der Waals surface area (Å²) in [4.78, 5) is 15.4. The van der Waals surface area contributed by atoms with Gasteiger partial charge in [0.2, 0.25) is 0 Å². The molecule has 0 spiro atoms. The van der Waals surface area contributed by atoms with E-state index >= 15 is 0 Å². The fourth-order valence-electron chi connectivity index (χ4n) is 4.15. The fraction of sp³-hybridized carbons (Fsp3) is 0.292. The normalized spacial score (nSPS) is 15.8. The van der Waals surface area contributed by atoms with Crippen molar-refractivity contribution in [2.75, 3.05) is 5.32 Å². The van der Waals surface area contributed by atoms with E-state index in [9.17, 15) is 4.79 Å². The highest BCUT2D eigenvalue weighted by molar-refractivity contribution is 5.90. The third kappa shape index (κ3) is 3.09. The number of rotatable bonds is 2. The van der Waals surface area contributed by atoms with Crippen LogP contribution in [-0.2, 0) is 6.54 Å². The van der Waals surface area contributed by atoms with E-state index in [-0.39, 0.29) is 18.0 Å².